The van der Waals surface area contributed by atoms with Crippen molar-refractivity contribution >= 4 is 11.5 Å². The van der Waals surface area contributed by atoms with Gasteiger partial charge in [0.2, 0.25) is 5.79 Å². The number of ether oxygens (including phenoxy) is 1. The second-order valence-electron chi connectivity index (χ2n) is 5.02. The van der Waals surface area contributed by atoms with E-state index in [2.05, 4.69) is 0 Å². The first kappa shape index (κ1) is 11.5. The lowest BCUT2D eigenvalue weighted by atomic mass is 9.79. The molecule has 1 aliphatic heterocycles. The minimum absolute atomic E-state index is 0.0118. The smallest absolute Gasteiger partial charge is 0.218 e. The summed E-state index contributed by atoms with van der Waals surface area (Å²) in [5.74, 6) is -1.21. The summed E-state index contributed by atoms with van der Waals surface area (Å²) in [6.45, 7) is 0. The van der Waals surface area contributed by atoms with Crippen LogP contribution >= 0.6 is 0 Å². The molecule has 94 valence electrons. The molecular weight excluding hydrogens is 228 g/mol. The lowest BCUT2D eigenvalue weighted by molar-refractivity contribution is -0.214. The largest absolute Gasteiger partial charge is 0.461 e. The predicted molar refractivity (Wildman–Crippen MR) is 67.4 cm³/mol. The van der Waals surface area contributed by atoms with Gasteiger partial charge < -0.3 is 9.84 Å². The molecule has 0 bridgehead atoms. The molecule has 1 N–H and O–H groups in total. The molecule has 3 nitrogen and oxygen atoms in total. The van der Waals surface area contributed by atoms with Crippen molar-refractivity contribution in [3.8, 4) is 0 Å². The van der Waals surface area contributed by atoms with Crippen LogP contribution in [0.4, 0.5) is 0 Å². The summed E-state index contributed by atoms with van der Waals surface area (Å²) in [4.78, 5) is 12.1. The Morgan fingerprint density at radius 3 is 2.78 bits per heavy atom. The fourth-order valence-corrected chi connectivity index (χ4v) is 2.81. The maximum Gasteiger partial charge on any atom is 0.218 e. The predicted octanol–water partition coefficient (Wildman–Crippen LogP) is 2.51. The van der Waals surface area contributed by atoms with Gasteiger partial charge in [-0.2, -0.15) is 0 Å². The van der Waals surface area contributed by atoms with E-state index in [0.717, 1.165) is 18.4 Å². The van der Waals surface area contributed by atoms with Gasteiger partial charge in [0.25, 0.3) is 0 Å². The van der Waals surface area contributed by atoms with E-state index in [0.29, 0.717) is 18.6 Å². The van der Waals surface area contributed by atoms with Gasteiger partial charge in [-0.25, -0.2) is 0 Å². The van der Waals surface area contributed by atoms with Crippen molar-refractivity contribution in [2.75, 3.05) is 0 Å². The summed E-state index contributed by atoms with van der Waals surface area (Å²) in [5.41, 5.74) is 0.836. The van der Waals surface area contributed by atoms with E-state index in [1.807, 2.05) is 30.3 Å². The third kappa shape index (κ3) is 1.85. The van der Waals surface area contributed by atoms with Crippen LogP contribution in [-0.2, 0) is 9.53 Å². The first-order valence-electron chi connectivity index (χ1n) is 6.41. The van der Waals surface area contributed by atoms with Gasteiger partial charge in [-0.3, -0.25) is 4.79 Å². The Kier molecular flexibility index (Phi) is 2.71. The minimum Gasteiger partial charge on any atom is -0.461 e. The zero-order valence-corrected chi connectivity index (χ0v) is 10.1. The number of allylic oxidation sites excluding steroid dienone is 1. The summed E-state index contributed by atoms with van der Waals surface area (Å²) in [5, 5.41) is 10.5. The zero-order valence-electron chi connectivity index (χ0n) is 10.1. The highest BCUT2D eigenvalue weighted by atomic mass is 16.6. The number of hydrogen-bond acceptors (Lipinski definition) is 3. The van der Waals surface area contributed by atoms with Gasteiger partial charge in [-0.15, -0.1) is 0 Å². The van der Waals surface area contributed by atoms with Gasteiger partial charge in [0.1, 0.15) is 5.76 Å². The third-order valence-corrected chi connectivity index (χ3v) is 3.78. The number of benzene rings is 1. The topological polar surface area (TPSA) is 46.5 Å². The molecule has 3 rings (SSSR count). The Balaban J connectivity index is 1.97. The van der Waals surface area contributed by atoms with E-state index in [1.54, 1.807) is 0 Å². The first-order valence-corrected chi connectivity index (χ1v) is 6.41. The van der Waals surface area contributed by atoms with Crippen LogP contribution in [0, 0.1) is 5.92 Å². The Labute approximate surface area is 106 Å². The van der Waals surface area contributed by atoms with Crippen molar-refractivity contribution in [1.82, 2.24) is 0 Å². The summed E-state index contributed by atoms with van der Waals surface area (Å²) in [6, 6.07) is 9.45. The molecule has 0 spiro atoms. The zero-order chi connectivity index (χ0) is 12.6. The highest BCUT2D eigenvalue weighted by molar-refractivity contribution is 5.99. The van der Waals surface area contributed by atoms with Crippen molar-refractivity contribution in [2.45, 2.75) is 31.5 Å². The van der Waals surface area contributed by atoms with Crippen molar-refractivity contribution in [1.29, 1.82) is 0 Å². The summed E-state index contributed by atoms with van der Waals surface area (Å²) < 4.78 is 5.73. The molecule has 2 unspecified atom stereocenters. The fourth-order valence-electron chi connectivity index (χ4n) is 2.81. The van der Waals surface area contributed by atoms with E-state index in [-0.39, 0.29) is 5.78 Å². The molecule has 0 amide bonds. The molecule has 0 radical (unpaired) electrons. The second-order valence-corrected chi connectivity index (χ2v) is 5.02. The number of aliphatic hydroxyl groups is 1. The van der Waals surface area contributed by atoms with Gasteiger partial charge in [0.15, 0.2) is 5.78 Å². The molecule has 1 aromatic carbocycles. The van der Waals surface area contributed by atoms with Gasteiger partial charge in [-0.05, 0) is 12.8 Å². The quantitative estimate of drug-likeness (QED) is 0.825. The fraction of sp³-hybridized carbons (Fsp3) is 0.400. The van der Waals surface area contributed by atoms with Crippen LogP contribution < -0.4 is 0 Å². The molecule has 0 aromatic heterocycles. The van der Waals surface area contributed by atoms with Crippen LogP contribution in [0.25, 0.3) is 5.76 Å². The highest BCUT2D eigenvalue weighted by Gasteiger charge is 2.47. The van der Waals surface area contributed by atoms with Gasteiger partial charge in [0.05, 0.1) is 5.92 Å². The molecule has 1 saturated carbocycles. The van der Waals surface area contributed by atoms with Crippen LogP contribution in [0.15, 0.2) is 36.4 Å². The molecule has 3 heteroatoms. The first-order chi connectivity index (χ1) is 8.69. The number of rotatable bonds is 1. The van der Waals surface area contributed by atoms with Gasteiger partial charge >= 0.3 is 0 Å². The number of hydrogen-bond donors (Lipinski definition) is 1. The maximum absolute atomic E-state index is 12.1. The van der Waals surface area contributed by atoms with Crippen LogP contribution in [0.1, 0.15) is 31.2 Å². The van der Waals surface area contributed by atoms with Crippen LogP contribution in [0.3, 0.4) is 0 Å². The Hall–Kier alpha value is -1.61. The maximum atomic E-state index is 12.1. The lowest BCUT2D eigenvalue weighted by Crippen LogP contribution is -2.48. The van der Waals surface area contributed by atoms with E-state index < -0.39 is 11.7 Å². The van der Waals surface area contributed by atoms with Gasteiger partial charge in [0, 0.05) is 18.1 Å². The Morgan fingerprint density at radius 1 is 1.22 bits per heavy atom. The molecule has 0 saturated heterocycles. The number of carbonyl (C=O) groups excluding carboxylic acids is 1. The average molecular weight is 244 g/mol. The molecular formula is C15H16O3. The number of ketones is 1. The van der Waals surface area contributed by atoms with E-state index in [1.165, 1.54) is 6.08 Å². The Bertz CT molecular complexity index is 492. The van der Waals surface area contributed by atoms with Crippen molar-refractivity contribution in [3.05, 3.63) is 42.0 Å². The van der Waals surface area contributed by atoms with Crippen molar-refractivity contribution in [3.63, 3.8) is 0 Å². The Morgan fingerprint density at radius 2 is 2.00 bits per heavy atom. The normalized spacial score (nSPS) is 31.3. The van der Waals surface area contributed by atoms with Gasteiger partial charge in [-0.1, -0.05) is 36.8 Å². The van der Waals surface area contributed by atoms with Crippen LogP contribution in [0.5, 0.6) is 0 Å². The van der Waals surface area contributed by atoms with Crippen molar-refractivity contribution in [2.24, 2.45) is 5.92 Å². The average Bonchev–Trinajstić information content (AvgIpc) is 2.39. The molecule has 2 atom stereocenters. The molecule has 1 aromatic rings. The molecule has 1 aliphatic carbocycles. The summed E-state index contributed by atoms with van der Waals surface area (Å²) in [6.07, 6.45) is 4.67. The van der Waals surface area contributed by atoms with Crippen LogP contribution in [0.2, 0.25) is 0 Å². The summed E-state index contributed by atoms with van der Waals surface area (Å²) in [7, 11) is 0. The second kappa shape index (κ2) is 4.25. The van der Waals surface area contributed by atoms with E-state index in [4.69, 9.17) is 4.74 Å². The number of fused-ring (bicyclic) bond motifs is 1. The molecule has 2 aliphatic rings. The standard InChI is InChI=1S/C15H16O3/c16-13-10-14(11-6-2-1-3-7-11)18-15(17)9-5-4-8-12(13)15/h1-3,6-7,10,12,17H,4-5,8-9H2. The van der Waals surface area contributed by atoms with Crippen molar-refractivity contribution < 1.29 is 14.6 Å². The summed E-state index contributed by atoms with van der Waals surface area (Å²) >= 11 is 0. The molecule has 18 heavy (non-hydrogen) atoms. The molecule has 1 fully saturated rings. The van der Waals surface area contributed by atoms with E-state index in [9.17, 15) is 9.90 Å². The van der Waals surface area contributed by atoms with E-state index >= 15 is 0 Å². The minimum atomic E-state index is -1.30. The third-order valence-electron chi connectivity index (χ3n) is 3.78. The number of carbonyl (C=O) groups is 1. The van der Waals surface area contributed by atoms with Crippen LogP contribution in [-0.4, -0.2) is 16.7 Å². The molecule has 1 heterocycles. The lowest BCUT2D eigenvalue weighted by Gasteiger charge is -2.41. The highest BCUT2D eigenvalue weighted by Crippen LogP contribution is 2.42. The monoisotopic (exact) mass is 244 g/mol. The SMILES string of the molecule is O=C1C=C(c2ccccc2)OC2(O)CCCCC12.